The van der Waals surface area contributed by atoms with E-state index in [1.165, 1.54) is 25.6 Å². The maximum absolute atomic E-state index is 5.36. The van der Waals surface area contributed by atoms with Gasteiger partial charge in [-0.3, -0.25) is 0 Å². The number of nitrogens with two attached hydrogens (primary N) is 1. The summed E-state index contributed by atoms with van der Waals surface area (Å²) in [5.41, 5.74) is 3.87. The van der Waals surface area contributed by atoms with Crippen LogP contribution >= 0.6 is 0 Å². The monoisotopic (exact) mass is 233 g/mol. The van der Waals surface area contributed by atoms with E-state index in [-0.39, 0.29) is 0 Å². The third kappa shape index (κ3) is 1.82. The third-order valence-electron chi connectivity index (χ3n) is 3.41. The largest absolute Gasteiger partial charge is 0.306 e. The van der Waals surface area contributed by atoms with Gasteiger partial charge >= 0.3 is 0 Å². The molecule has 1 aliphatic carbocycles. The van der Waals surface area contributed by atoms with E-state index in [1.807, 2.05) is 4.68 Å². The molecular formula is C10H15N7. The Morgan fingerprint density at radius 2 is 2.29 bits per heavy atom. The second-order valence-electron chi connectivity index (χ2n) is 4.44. The van der Waals surface area contributed by atoms with E-state index in [9.17, 15) is 0 Å². The van der Waals surface area contributed by atoms with Crippen LogP contribution in [0.3, 0.4) is 0 Å². The number of aryl methyl sites for hydroxylation is 1. The zero-order valence-electron chi connectivity index (χ0n) is 9.50. The SMILES string of the molecule is NNc1ncnc2c1nnn2CCC1CCC1. The molecule has 1 fully saturated rings. The number of nitrogens with zero attached hydrogens (tertiary/aromatic N) is 5. The molecule has 0 aromatic carbocycles. The van der Waals surface area contributed by atoms with Gasteiger partial charge in [-0.1, -0.05) is 24.5 Å². The molecule has 1 aliphatic rings. The van der Waals surface area contributed by atoms with Gasteiger partial charge in [-0.25, -0.2) is 20.5 Å². The Hall–Kier alpha value is -1.76. The van der Waals surface area contributed by atoms with E-state index in [0.717, 1.165) is 24.5 Å². The van der Waals surface area contributed by atoms with Crippen LogP contribution in [0.25, 0.3) is 11.2 Å². The lowest BCUT2D eigenvalue weighted by Crippen LogP contribution is -2.14. The average molecular weight is 233 g/mol. The predicted molar refractivity (Wildman–Crippen MR) is 62.9 cm³/mol. The fourth-order valence-electron chi connectivity index (χ4n) is 2.13. The van der Waals surface area contributed by atoms with Crippen LogP contribution in [0.15, 0.2) is 6.33 Å². The van der Waals surface area contributed by atoms with Crippen LogP contribution in [0, 0.1) is 5.92 Å². The molecule has 3 N–H and O–H groups in total. The number of aromatic nitrogens is 5. The zero-order chi connectivity index (χ0) is 11.7. The lowest BCUT2D eigenvalue weighted by Gasteiger charge is -2.24. The summed E-state index contributed by atoms with van der Waals surface area (Å²) in [6.07, 6.45) is 6.68. The van der Waals surface area contributed by atoms with Gasteiger partial charge in [0.1, 0.15) is 6.33 Å². The molecule has 0 atom stereocenters. The van der Waals surface area contributed by atoms with E-state index in [2.05, 4.69) is 25.7 Å². The van der Waals surface area contributed by atoms with Gasteiger partial charge in [-0.05, 0) is 12.3 Å². The molecule has 0 radical (unpaired) electrons. The molecule has 17 heavy (non-hydrogen) atoms. The highest BCUT2D eigenvalue weighted by Crippen LogP contribution is 2.29. The quantitative estimate of drug-likeness (QED) is 0.596. The number of nitrogens with one attached hydrogen (secondary N) is 1. The Morgan fingerprint density at radius 3 is 3.00 bits per heavy atom. The zero-order valence-corrected chi connectivity index (χ0v) is 9.50. The molecule has 2 heterocycles. The summed E-state index contributed by atoms with van der Waals surface area (Å²) in [6.45, 7) is 0.863. The molecule has 1 saturated carbocycles. The van der Waals surface area contributed by atoms with Gasteiger partial charge < -0.3 is 5.43 Å². The Kier molecular flexibility index (Phi) is 2.60. The molecule has 2 aromatic heterocycles. The summed E-state index contributed by atoms with van der Waals surface area (Å²) in [6, 6.07) is 0. The van der Waals surface area contributed by atoms with Crippen molar-refractivity contribution in [1.82, 2.24) is 25.0 Å². The smallest absolute Gasteiger partial charge is 0.183 e. The summed E-state index contributed by atoms with van der Waals surface area (Å²) >= 11 is 0. The summed E-state index contributed by atoms with van der Waals surface area (Å²) in [5, 5.41) is 8.16. The lowest BCUT2D eigenvalue weighted by molar-refractivity contribution is 0.278. The molecule has 7 heteroatoms. The van der Waals surface area contributed by atoms with Gasteiger partial charge in [0, 0.05) is 6.54 Å². The first kappa shape index (κ1) is 10.4. The summed E-state index contributed by atoms with van der Waals surface area (Å²) in [7, 11) is 0. The second-order valence-corrected chi connectivity index (χ2v) is 4.44. The first-order valence-electron chi connectivity index (χ1n) is 5.89. The highest BCUT2D eigenvalue weighted by atomic mass is 15.4. The lowest BCUT2D eigenvalue weighted by atomic mass is 9.83. The van der Waals surface area contributed by atoms with Crippen LogP contribution < -0.4 is 11.3 Å². The number of rotatable bonds is 4. The molecule has 0 spiro atoms. The molecule has 2 aromatic rings. The van der Waals surface area contributed by atoms with Crippen molar-refractivity contribution in [2.45, 2.75) is 32.2 Å². The predicted octanol–water partition coefficient (Wildman–Crippen LogP) is 0.697. The van der Waals surface area contributed by atoms with Crippen LogP contribution in [-0.4, -0.2) is 25.0 Å². The van der Waals surface area contributed by atoms with Crippen molar-refractivity contribution in [3.63, 3.8) is 0 Å². The molecule has 0 amide bonds. The van der Waals surface area contributed by atoms with E-state index in [1.54, 1.807) is 0 Å². The number of hydrazine groups is 1. The number of nitrogen functional groups attached to an aromatic ring is 1. The van der Waals surface area contributed by atoms with E-state index in [0.29, 0.717) is 11.3 Å². The first-order valence-corrected chi connectivity index (χ1v) is 5.89. The maximum atomic E-state index is 5.36. The van der Waals surface area contributed by atoms with Crippen LogP contribution in [0.2, 0.25) is 0 Å². The molecular weight excluding hydrogens is 218 g/mol. The van der Waals surface area contributed by atoms with Crippen LogP contribution in [-0.2, 0) is 6.54 Å². The maximum Gasteiger partial charge on any atom is 0.183 e. The molecule has 90 valence electrons. The third-order valence-corrected chi connectivity index (χ3v) is 3.41. The fourth-order valence-corrected chi connectivity index (χ4v) is 2.13. The van der Waals surface area contributed by atoms with Gasteiger partial charge in [0.05, 0.1) is 0 Å². The Balaban J connectivity index is 1.84. The highest BCUT2D eigenvalue weighted by Gasteiger charge is 2.18. The molecule has 0 aliphatic heterocycles. The fraction of sp³-hybridized carbons (Fsp3) is 0.600. The van der Waals surface area contributed by atoms with Crippen molar-refractivity contribution in [2.24, 2.45) is 11.8 Å². The van der Waals surface area contributed by atoms with Crippen molar-refractivity contribution < 1.29 is 0 Å². The van der Waals surface area contributed by atoms with Gasteiger partial charge in [0.15, 0.2) is 17.0 Å². The minimum atomic E-state index is 0.518. The van der Waals surface area contributed by atoms with E-state index >= 15 is 0 Å². The molecule has 0 bridgehead atoms. The minimum Gasteiger partial charge on any atom is -0.306 e. The van der Waals surface area contributed by atoms with Crippen molar-refractivity contribution in [3.05, 3.63) is 6.33 Å². The van der Waals surface area contributed by atoms with Gasteiger partial charge in [-0.15, -0.1) is 5.10 Å². The molecule has 7 nitrogen and oxygen atoms in total. The van der Waals surface area contributed by atoms with Gasteiger partial charge in [0.2, 0.25) is 0 Å². The van der Waals surface area contributed by atoms with Crippen molar-refractivity contribution >= 4 is 17.0 Å². The Bertz CT molecular complexity index is 516. The Labute approximate surface area is 98.4 Å². The number of hydrogen-bond acceptors (Lipinski definition) is 6. The van der Waals surface area contributed by atoms with E-state index < -0.39 is 0 Å². The van der Waals surface area contributed by atoms with Gasteiger partial charge in [0.25, 0.3) is 0 Å². The molecule has 3 rings (SSSR count). The van der Waals surface area contributed by atoms with Crippen molar-refractivity contribution in [1.29, 1.82) is 0 Å². The minimum absolute atomic E-state index is 0.518. The van der Waals surface area contributed by atoms with Crippen LogP contribution in [0.1, 0.15) is 25.7 Å². The van der Waals surface area contributed by atoms with Crippen LogP contribution in [0.4, 0.5) is 5.82 Å². The highest BCUT2D eigenvalue weighted by molar-refractivity contribution is 5.81. The van der Waals surface area contributed by atoms with Gasteiger partial charge in [-0.2, -0.15) is 0 Å². The standard InChI is InChI=1S/C10H15N7/c11-14-9-8-10(13-6-12-9)17(16-15-8)5-4-7-2-1-3-7/h6-7H,1-5,11H2,(H,12,13,14). The first-order chi connectivity index (χ1) is 8.38. The number of fused-ring (bicyclic) bond motifs is 1. The van der Waals surface area contributed by atoms with Crippen molar-refractivity contribution in [2.75, 3.05) is 5.43 Å². The second kappa shape index (κ2) is 4.25. The summed E-state index contributed by atoms with van der Waals surface area (Å²) < 4.78 is 1.83. The summed E-state index contributed by atoms with van der Waals surface area (Å²) in [5.74, 6) is 6.73. The Morgan fingerprint density at radius 1 is 1.41 bits per heavy atom. The van der Waals surface area contributed by atoms with Crippen molar-refractivity contribution in [3.8, 4) is 0 Å². The average Bonchev–Trinajstić information content (AvgIpc) is 2.70. The normalized spacial score (nSPS) is 16.1. The number of anilines is 1. The molecule has 0 unspecified atom stereocenters. The van der Waals surface area contributed by atoms with Crippen LogP contribution in [0.5, 0.6) is 0 Å². The molecule has 0 saturated heterocycles. The van der Waals surface area contributed by atoms with E-state index in [4.69, 9.17) is 5.84 Å². The summed E-state index contributed by atoms with van der Waals surface area (Å²) in [4.78, 5) is 8.20. The topological polar surface area (TPSA) is 94.5 Å². The number of hydrogen-bond donors (Lipinski definition) is 2.